The van der Waals surface area contributed by atoms with E-state index in [9.17, 15) is 4.39 Å². The quantitative estimate of drug-likeness (QED) is 0.938. The summed E-state index contributed by atoms with van der Waals surface area (Å²) in [7, 11) is 0. The van der Waals surface area contributed by atoms with Gasteiger partial charge in [-0.05, 0) is 47.1 Å². The molecule has 3 nitrogen and oxygen atoms in total. The summed E-state index contributed by atoms with van der Waals surface area (Å²) < 4.78 is 19.1. The molecule has 1 unspecified atom stereocenters. The second-order valence-corrected chi connectivity index (χ2v) is 4.72. The maximum atomic E-state index is 13.1. The second kappa shape index (κ2) is 5.46. The zero-order chi connectivity index (χ0) is 13.1. The van der Waals surface area contributed by atoms with E-state index < -0.39 is 0 Å². The molecule has 1 atom stereocenters. The van der Waals surface area contributed by atoms with E-state index in [4.69, 9.17) is 10.5 Å². The lowest BCUT2D eigenvalue weighted by Crippen LogP contribution is -2.07. The number of hydrogen-bond donors (Lipinski definition) is 1. The van der Waals surface area contributed by atoms with Crippen LogP contribution in [0.25, 0.3) is 0 Å². The predicted molar refractivity (Wildman–Crippen MR) is 71.0 cm³/mol. The van der Waals surface area contributed by atoms with Crippen LogP contribution in [-0.4, -0.2) is 4.98 Å². The van der Waals surface area contributed by atoms with E-state index in [2.05, 4.69) is 20.9 Å². The van der Waals surface area contributed by atoms with Crippen molar-refractivity contribution in [1.82, 2.24) is 4.98 Å². The van der Waals surface area contributed by atoms with Crippen LogP contribution in [0.1, 0.15) is 18.5 Å². The van der Waals surface area contributed by atoms with Crippen molar-refractivity contribution in [2.75, 3.05) is 0 Å². The Labute approximate surface area is 113 Å². The normalized spacial score (nSPS) is 12.2. The van der Waals surface area contributed by atoms with E-state index in [0.29, 0.717) is 16.1 Å². The molecule has 18 heavy (non-hydrogen) atoms. The number of nitrogens with two attached hydrogens (primary N) is 1. The van der Waals surface area contributed by atoms with Crippen molar-refractivity contribution in [3.05, 3.63) is 52.4 Å². The standard InChI is InChI=1S/C13H12BrFN2O/c1-8(16)10-3-2-6-17-13(10)18-9-4-5-12(15)11(14)7-9/h2-8H,16H2,1H3. The van der Waals surface area contributed by atoms with Gasteiger partial charge in [0.05, 0.1) is 4.47 Å². The number of rotatable bonds is 3. The predicted octanol–water partition coefficient (Wildman–Crippen LogP) is 3.80. The van der Waals surface area contributed by atoms with Gasteiger partial charge in [-0.25, -0.2) is 9.37 Å². The lowest BCUT2D eigenvalue weighted by Gasteiger charge is -2.12. The third-order valence-electron chi connectivity index (χ3n) is 2.40. The highest BCUT2D eigenvalue weighted by molar-refractivity contribution is 9.10. The van der Waals surface area contributed by atoms with Crippen molar-refractivity contribution in [1.29, 1.82) is 0 Å². The fourth-order valence-corrected chi connectivity index (χ4v) is 1.84. The van der Waals surface area contributed by atoms with Crippen LogP contribution < -0.4 is 10.5 Å². The Morgan fingerprint density at radius 1 is 1.39 bits per heavy atom. The van der Waals surface area contributed by atoms with Crippen LogP contribution in [-0.2, 0) is 0 Å². The van der Waals surface area contributed by atoms with Gasteiger partial charge in [-0.2, -0.15) is 0 Å². The van der Waals surface area contributed by atoms with Gasteiger partial charge in [0.25, 0.3) is 0 Å². The lowest BCUT2D eigenvalue weighted by atomic mass is 10.1. The molecule has 1 aromatic carbocycles. The van der Waals surface area contributed by atoms with Crippen LogP contribution in [0.4, 0.5) is 4.39 Å². The molecule has 0 aliphatic rings. The molecule has 2 N–H and O–H groups in total. The number of benzene rings is 1. The zero-order valence-electron chi connectivity index (χ0n) is 9.73. The minimum absolute atomic E-state index is 0.183. The summed E-state index contributed by atoms with van der Waals surface area (Å²) in [6.45, 7) is 1.85. The van der Waals surface area contributed by atoms with Gasteiger partial charge in [-0.1, -0.05) is 6.07 Å². The van der Waals surface area contributed by atoms with Crippen molar-refractivity contribution >= 4 is 15.9 Å². The number of hydrogen-bond acceptors (Lipinski definition) is 3. The summed E-state index contributed by atoms with van der Waals surface area (Å²) in [6.07, 6.45) is 1.62. The van der Waals surface area contributed by atoms with E-state index in [0.717, 1.165) is 5.56 Å². The first-order valence-corrected chi connectivity index (χ1v) is 6.20. The van der Waals surface area contributed by atoms with Gasteiger partial charge in [0.15, 0.2) is 0 Å². The third kappa shape index (κ3) is 2.86. The largest absolute Gasteiger partial charge is 0.439 e. The first kappa shape index (κ1) is 13.0. The molecular weight excluding hydrogens is 299 g/mol. The summed E-state index contributed by atoms with van der Waals surface area (Å²) in [6, 6.07) is 7.89. The summed E-state index contributed by atoms with van der Waals surface area (Å²) >= 11 is 3.11. The fourth-order valence-electron chi connectivity index (χ4n) is 1.49. The molecule has 0 radical (unpaired) electrons. The van der Waals surface area contributed by atoms with E-state index in [-0.39, 0.29) is 11.9 Å². The molecule has 0 saturated heterocycles. The average molecular weight is 311 g/mol. The van der Waals surface area contributed by atoms with Gasteiger partial charge in [0.1, 0.15) is 11.6 Å². The van der Waals surface area contributed by atoms with Crippen molar-refractivity contribution in [3.63, 3.8) is 0 Å². The molecule has 94 valence electrons. The lowest BCUT2D eigenvalue weighted by molar-refractivity contribution is 0.450. The fraction of sp³-hybridized carbons (Fsp3) is 0.154. The Hall–Kier alpha value is -1.46. The third-order valence-corrected chi connectivity index (χ3v) is 3.00. The van der Waals surface area contributed by atoms with Crippen LogP contribution in [0.2, 0.25) is 0 Å². The first-order valence-electron chi connectivity index (χ1n) is 5.41. The van der Waals surface area contributed by atoms with Crippen molar-refractivity contribution in [2.24, 2.45) is 5.73 Å². The van der Waals surface area contributed by atoms with Gasteiger partial charge in [-0.15, -0.1) is 0 Å². The molecule has 0 spiro atoms. The van der Waals surface area contributed by atoms with E-state index in [1.807, 2.05) is 13.0 Å². The molecule has 0 aliphatic heterocycles. The molecule has 1 heterocycles. The molecule has 5 heteroatoms. The topological polar surface area (TPSA) is 48.1 Å². The van der Waals surface area contributed by atoms with Crippen LogP contribution in [0.3, 0.4) is 0 Å². The highest BCUT2D eigenvalue weighted by Crippen LogP contribution is 2.28. The molecule has 0 bridgehead atoms. The minimum atomic E-state index is -0.337. The van der Waals surface area contributed by atoms with Gasteiger partial charge in [0, 0.05) is 17.8 Å². The second-order valence-electron chi connectivity index (χ2n) is 3.86. The average Bonchev–Trinajstić information content (AvgIpc) is 2.34. The zero-order valence-corrected chi connectivity index (χ0v) is 11.3. The van der Waals surface area contributed by atoms with Crippen LogP contribution in [0.15, 0.2) is 41.0 Å². The SMILES string of the molecule is CC(N)c1cccnc1Oc1ccc(F)c(Br)c1. The Bertz CT molecular complexity index is 560. The van der Waals surface area contributed by atoms with Gasteiger partial charge in [0.2, 0.25) is 5.88 Å². The Morgan fingerprint density at radius 2 is 2.17 bits per heavy atom. The van der Waals surface area contributed by atoms with E-state index in [1.165, 1.54) is 6.07 Å². The Morgan fingerprint density at radius 3 is 2.83 bits per heavy atom. The number of aromatic nitrogens is 1. The molecular formula is C13H12BrFN2O. The Kier molecular flexibility index (Phi) is 3.93. The van der Waals surface area contributed by atoms with Crippen molar-refractivity contribution in [2.45, 2.75) is 13.0 Å². The number of pyridine rings is 1. The van der Waals surface area contributed by atoms with E-state index in [1.54, 1.807) is 24.4 Å². The molecule has 0 saturated carbocycles. The van der Waals surface area contributed by atoms with Crippen LogP contribution in [0, 0.1) is 5.82 Å². The monoisotopic (exact) mass is 310 g/mol. The summed E-state index contributed by atoms with van der Waals surface area (Å²) in [4.78, 5) is 4.14. The molecule has 1 aromatic heterocycles. The molecule has 0 aliphatic carbocycles. The molecule has 2 rings (SSSR count). The molecule has 0 fully saturated rings. The van der Waals surface area contributed by atoms with Crippen LogP contribution >= 0.6 is 15.9 Å². The summed E-state index contributed by atoms with van der Waals surface area (Å²) in [5.74, 6) is 0.602. The summed E-state index contributed by atoms with van der Waals surface area (Å²) in [5, 5.41) is 0. The molecule has 0 amide bonds. The van der Waals surface area contributed by atoms with Crippen molar-refractivity contribution < 1.29 is 9.13 Å². The highest BCUT2D eigenvalue weighted by Gasteiger charge is 2.10. The van der Waals surface area contributed by atoms with Gasteiger partial charge < -0.3 is 10.5 Å². The van der Waals surface area contributed by atoms with E-state index >= 15 is 0 Å². The minimum Gasteiger partial charge on any atom is -0.439 e. The highest BCUT2D eigenvalue weighted by atomic mass is 79.9. The maximum absolute atomic E-state index is 13.1. The first-order chi connectivity index (χ1) is 8.58. The summed E-state index contributed by atoms with van der Waals surface area (Å²) in [5.41, 5.74) is 6.64. The van der Waals surface area contributed by atoms with Crippen LogP contribution in [0.5, 0.6) is 11.6 Å². The number of nitrogens with zero attached hydrogens (tertiary/aromatic N) is 1. The Balaban J connectivity index is 2.31. The molecule has 2 aromatic rings. The smallest absolute Gasteiger partial charge is 0.223 e. The number of ether oxygens (including phenoxy) is 1. The van der Waals surface area contributed by atoms with Gasteiger partial charge >= 0.3 is 0 Å². The van der Waals surface area contributed by atoms with Crippen molar-refractivity contribution in [3.8, 4) is 11.6 Å². The van der Waals surface area contributed by atoms with Gasteiger partial charge in [-0.3, -0.25) is 0 Å². The number of halogens is 2. The maximum Gasteiger partial charge on any atom is 0.223 e.